The van der Waals surface area contributed by atoms with Gasteiger partial charge in [-0.25, -0.2) is 4.39 Å². The van der Waals surface area contributed by atoms with Crippen molar-refractivity contribution in [3.05, 3.63) is 35.1 Å². The second kappa shape index (κ2) is 5.38. The minimum atomic E-state index is -0.326. The summed E-state index contributed by atoms with van der Waals surface area (Å²) in [6, 6.07) is 8.87. The van der Waals surface area contributed by atoms with Gasteiger partial charge in [-0.1, -0.05) is 6.07 Å². The van der Waals surface area contributed by atoms with Crippen LogP contribution in [0.25, 0.3) is 0 Å². The highest BCUT2D eigenvalue weighted by molar-refractivity contribution is 5.32. The molecule has 0 saturated carbocycles. The van der Waals surface area contributed by atoms with E-state index in [0.717, 1.165) is 25.9 Å². The second-order valence-electron chi connectivity index (χ2n) is 5.37. The minimum Gasteiger partial charge on any atom is -0.299 e. The lowest BCUT2D eigenvalue weighted by atomic mass is 9.82. The lowest BCUT2D eigenvalue weighted by Crippen LogP contribution is -2.37. The highest BCUT2D eigenvalue weighted by Gasteiger charge is 2.29. The van der Waals surface area contributed by atoms with Gasteiger partial charge in [-0.2, -0.15) is 10.5 Å². The second-order valence-corrected chi connectivity index (χ2v) is 5.37. The number of rotatable bonds is 2. The van der Waals surface area contributed by atoms with Crippen LogP contribution in [0.5, 0.6) is 0 Å². The average Bonchev–Trinajstić information content (AvgIpc) is 2.43. The molecule has 1 heterocycles. The van der Waals surface area contributed by atoms with E-state index in [4.69, 9.17) is 10.5 Å². The Labute approximate surface area is 112 Å². The zero-order chi connectivity index (χ0) is 13.9. The van der Waals surface area contributed by atoms with Gasteiger partial charge in [0.25, 0.3) is 0 Å². The summed E-state index contributed by atoms with van der Waals surface area (Å²) in [4.78, 5) is 2.16. The third-order valence-corrected chi connectivity index (χ3v) is 3.81. The molecule has 0 amide bonds. The fraction of sp³-hybridized carbons (Fsp3) is 0.467. The summed E-state index contributed by atoms with van der Waals surface area (Å²) in [7, 11) is 0. The van der Waals surface area contributed by atoms with E-state index in [1.807, 2.05) is 13.0 Å². The lowest BCUT2D eigenvalue weighted by Gasteiger charge is -2.34. The molecule has 1 aromatic rings. The number of nitrogens with zero attached hydrogens (tertiary/aromatic N) is 3. The summed E-state index contributed by atoms with van der Waals surface area (Å²) in [5.74, 6) is -0.326. The Morgan fingerprint density at radius 1 is 1.32 bits per heavy atom. The number of piperidine rings is 1. The van der Waals surface area contributed by atoms with Gasteiger partial charge in [0, 0.05) is 12.1 Å². The molecule has 0 radical (unpaired) electrons. The first-order valence-electron chi connectivity index (χ1n) is 6.38. The fourth-order valence-corrected chi connectivity index (χ4v) is 2.30. The molecule has 0 bridgehead atoms. The summed E-state index contributed by atoms with van der Waals surface area (Å²) in [6.07, 6.45) is 1.64. The van der Waals surface area contributed by atoms with Crippen LogP contribution in [0.1, 0.15) is 30.9 Å². The van der Waals surface area contributed by atoms with Gasteiger partial charge in [0.05, 0.1) is 23.1 Å². The van der Waals surface area contributed by atoms with Crippen LogP contribution in [0.4, 0.5) is 4.39 Å². The van der Waals surface area contributed by atoms with Crippen LogP contribution in [0, 0.1) is 33.9 Å². The molecule has 1 aliphatic heterocycles. The number of benzene rings is 1. The van der Waals surface area contributed by atoms with Crippen LogP contribution in [0.15, 0.2) is 18.2 Å². The number of likely N-dealkylation sites (tertiary alicyclic amines) is 1. The molecule has 2 rings (SSSR count). The highest BCUT2D eigenvalue weighted by atomic mass is 19.1. The molecule has 98 valence electrons. The van der Waals surface area contributed by atoms with Crippen molar-refractivity contribution >= 4 is 0 Å². The molecule has 4 heteroatoms. The molecule has 0 N–H and O–H groups in total. The van der Waals surface area contributed by atoms with Crippen molar-refractivity contribution in [1.82, 2.24) is 4.90 Å². The Bertz CT molecular complexity index is 545. The van der Waals surface area contributed by atoms with Crippen LogP contribution in [-0.4, -0.2) is 18.0 Å². The molecule has 19 heavy (non-hydrogen) atoms. The largest absolute Gasteiger partial charge is 0.299 e. The SMILES string of the molecule is CC1(C#N)CCN(Cc2ccc(C#N)cc2F)CC1. The molecule has 1 aromatic carbocycles. The van der Waals surface area contributed by atoms with E-state index in [1.54, 1.807) is 12.1 Å². The van der Waals surface area contributed by atoms with E-state index in [1.165, 1.54) is 6.07 Å². The average molecular weight is 257 g/mol. The highest BCUT2D eigenvalue weighted by Crippen LogP contribution is 2.30. The first-order chi connectivity index (χ1) is 9.06. The topological polar surface area (TPSA) is 50.8 Å². The molecule has 1 fully saturated rings. The summed E-state index contributed by atoms with van der Waals surface area (Å²) in [6.45, 7) is 4.14. The Morgan fingerprint density at radius 3 is 2.53 bits per heavy atom. The van der Waals surface area contributed by atoms with E-state index in [2.05, 4.69) is 11.0 Å². The van der Waals surface area contributed by atoms with E-state index in [0.29, 0.717) is 17.7 Å². The van der Waals surface area contributed by atoms with Gasteiger partial charge in [0.2, 0.25) is 0 Å². The molecular weight excluding hydrogens is 241 g/mol. The maximum absolute atomic E-state index is 13.8. The number of hydrogen-bond donors (Lipinski definition) is 0. The number of halogens is 1. The van der Waals surface area contributed by atoms with Crippen molar-refractivity contribution in [3.8, 4) is 12.1 Å². The van der Waals surface area contributed by atoms with Gasteiger partial charge >= 0.3 is 0 Å². The van der Waals surface area contributed by atoms with Crippen molar-refractivity contribution in [2.75, 3.05) is 13.1 Å². The van der Waals surface area contributed by atoms with Crippen molar-refractivity contribution in [2.24, 2.45) is 5.41 Å². The van der Waals surface area contributed by atoms with Crippen molar-refractivity contribution < 1.29 is 4.39 Å². The van der Waals surface area contributed by atoms with Gasteiger partial charge in [0.1, 0.15) is 5.82 Å². The predicted octanol–water partition coefficient (Wildman–Crippen LogP) is 2.82. The van der Waals surface area contributed by atoms with Gasteiger partial charge < -0.3 is 0 Å². The first kappa shape index (κ1) is 13.5. The van der Waals surface area contributed by atoms with Crippen LogP contribution in [-0.2, 0) is 6.54 Å². The standard InChI is InChI=1S/C15H16FN3/c1-15(11-18)4-6-19(7-5-15)10-13-3-2-12(9-17)8-14(13)16/h2-3,8H,4-7,10H2,1H3. The number of nitriles is 2. The first-order valence-corrected chi connectivity index (χ1v) is 6.38. The molecule has 0 spiro atoms. The van der Waals surface area contributed by atoms with Crippen molar-refractivity contribution in [3.63, 3.8) is 0 Å². The maximum atomic E-state index is 13.8. The molecule has 0 unspecified atom stereocenters. The maximum Gasteiger partial charge on any atom is 0.129 e. The number of hydrogen-bond acceptors (Lipinski definition) is 3. The predicted molar refractivity (Wildman–Crippen MR) is 69.3 cm³/mol. The van der Waals surface area contributed by atoms with E-state index in [9.17, 15) is 4.39 Å². The molecule has 1 aliphatic rings. The van der Waals surface area contributed by atoms with Crippen LogP contribution < -0.4 is 0 Å². The fourth-order valence-electron chi connectivity index (χ4n) is 2.30. The molecule has 1 saturated heterocycles. The zero-order valence-electron chi connectivity index (χ0n) is 11.0. The Kier molecular flexibility index (Phi) is 3.83. The Balaban J connectivity index is 2.01. The van der Waals surface area contributed by atoms with E-state index < -0.39 is 0 Å². The van der Waals surface area contributed by atoms with Gasteiger partial charge in [0.15, 0.2) is 0 Å². The summed E-state index contributed by atoms with van der Waals surface area (Å²) >= 11 is 0. The zero-order valence-corrected chi connectivity index (χ0v) is 11.0. The quantitative estimate of drug-likeness (QED) is 0.818. The van der Waals surface area contributed by atoms with Crippen molar-refractivity contribution in [1.29, 1.82) is 10.5 Å². The van der Waals surface area contributed by atoms with E-state index >= 15 is 0 Å². The van der Waals surface area contributed by atoms with Crippen LogP contribution >= 0.6 is 0 Å². The monoisotopic (exact) mass is 257 g/mol. The van der Waals surface area contributed by atoms with Crippen molar-refractivity contribution in [2.45, 2.75) is 26.3 Å². The van der Waals surface area contributed by atoms with E-state index in [-0.39, 0.29) is 11.2 Å². The molecule has 0 atom stereocenters. The molecule has 0 aliphatic carbocycles. The minimum absolute atomic E-state index is 0.236. The van der Waals surface area contributed by atoms with Gasteiger partial charge in [-0.05, 0) is 45.0 Å². The molecule has 3 nitrogen and oxygen atoms in total. The third kappa shape index (κ3) is 3.10. The lowest BCUT2D eigenvalue weighted by molar-refractivity contribution is 0.149. The van der Waals surface area contributed by atoms with Crippen LogP contribution in [0.2, 0.25) is 0 Å². The summed E-state index contributed by atoms with van der Waals surface area (Å²) in [5, 5.41) is 17.8. The third-order valence-electron chi connectivity index (χ3n) is 3.81. The summed E-state index contributed by atoms with van der Waals surface area (Å²) < 4.78 is 13.8. The summed E-state index contributed by atoms with van der Waals surface area (Å²) in [5.41, 5.74) is 0.719. The van der Waals surface area contributed by atoms with Crippen LogP contribution in [0.3, 0.4) is 0 Å². The molecular formula is C15H16FN3. The smallest absolute Gasteiger partial charge is 0.129 e. The molecule has 0 aromatic heterocycles. The van der Waals surface area contributed by atoms with Gasteiger partial charge in [-0.15, -0.1) is 0 Å². The normalized spacial score (nSPS) is 18.5. The Hall–Kier alpha value is -1.91. The Morgan fingerprint density at radius 2 is 2.00 bits per heavy atom. The van der Waals surface area contributed by atoms with Gasteiger partial charge in [-0.3, -0.25) is 4.90 Å².